The zero-order valence-electron chi connectivity index (χ0n) is 17.0. The van der Waals surface area contributed by atoms with Gasteiger partial charge in [-0.2, -0.15) is 0 Å². The van der Waals surface area contributed by atoms with Crippen molar-refractivity contribution in [3.63, 3.8) is 0 Å². The van der Waals surface area contributed by atoms with E-state index in [2.05, 4.69) is 22.0 Å². The maximum absolute atomic E-state index is 14.7. The van der Waals surface area contributed by atoms with Crippen molar-refractivity contribution in [1.29, 1.82) is 0 Å². The third-order valence-electron chi connectivity index (χ3n) is 4.32. The summed E-state index contributed by atoms with van der Waals surface area (Å²) in [6.07, 6.45) is 0. The van der Waals surface area contributed by atoms with Gasteiger partial charge in [0.15, 0.2) is 11.5 Å². The first kappa shape index (κ1) is 20.9. The second kappa shape index (κ2) is 9.56. The molecule has 6 nitrogen and oxygen atoms in total. The van der Waals surface area contributed by atoms with Crippen molar-refractivity contribution in [3.05, 3.63) is 72.0 Å². The summed E-state index contributed by atoms with van der Waals surface area (Å²) in [7, 11) is 4.66. The molecule has 0 radical (unpaired) electrons. The van der Waals surface area contributed by atoms with Gasteiger partial charge in [-0.25, -0.2) is 4.39 Å². The molecule has 0 fully saturated rings. The van der Waals surface area contributed by atoms with Crippen molar-refractivity contribution in [2.24, 2.45) is 9.98 Å². The van der Waals surface area contributed by atoms with Crippen LogP contribution in [-0.4, -0.2) is 33.8 Å². The average Bonchev–Trinajstić information content (AvgIpc) is 2.78. The van der Waals surface area contributed by atoms with E-state index in [1.807, 2.05) is 18.2 Å². The van der Waals surface area contributed by atoms with E-state index < -0.39 is 5.82 Å². The number of benzene rings is 3. The molecule has 3 aromatic carbocycles. The fourth-order valence-electron chi connectivity index (χ4n) is 2.85. The van der Waals surface area contributed by atoms with Crippen molar-refractivity contribution in [2.45, 2.75) is 0 Å². The van der Waals surface area contributed by atoms with Crippen molar-refractivity contribution in [2.75, 3.05) is 26.6 Å². The highest BCUT2D eigenvalue weighted by Gasteiger charge is 2.16. The Hall–Kier alpha value is -3.87. The smallest absolute Gasteiger partial charge is 0.162 e. The molecule has 0 saturated carbocycles. The largest absolute Gasteiger partial charge is 0.493 e. The first-order valence-corrected chi connectivity index (χ1v) is 9.09. The second-order valence-electron chi connectivity index (χ2n) is 6.14. The lowest BCUT2D eigenvalue weighted by Crippen LogP contribution is -2.15. The van der Waals surface area contributed by atoms with Gasteiger partial charge in [-0.15, -0.1) is 0 Å². The Labute approximate surface area is 174 Å². The lowest BCUT2D eigenvalue weighted by Gasteiger charge is -2.16. The van der Waals surface area contributed by atoms with Gasteiger partial charge in [-0.1, -0.05) is 18.2 Å². The molecule has 0 heterocycles. The molecule has 3 aromatic rings. The summed E-state index contributed by atoms with van der Waals surface area (Å²) in [6, 6.07) is 17.1. The molecule has 30 heavy (non-hydrogen) atoms. The second-order valence-corrected chi connectivity index (χ2v) is 6.14. The monoisotopic (exact) mass is 407 g/mol. The molecule has 154 valence electrons. The molecule has 3 rings (SSSR count). The average molecular weight is 407 g/mol. The Bertz CT molecular complexity index is 1070. The molecule has 0 amide bonds. The zero-order valence-corrected chi connectivity index (χ0v) is 17.0. The minimum atomic E-state index is -0.488. The Morgan fingerprint density at radius 2 is 1.63 bits per heavy atom. The number of hydrogen-bond acceptors (Lipinski definition) is 5. The number of para-hydroxylation sites is 1. The predicted molar refractivity (Wildman–Crippen MR) is 118 cm³/mol. The predicted octanol–water partition coefficient (Wildman–Crippen LogP) is 5.46. The topological polar surface area (TPSA) is 64.4 Å². The highest BCUT2D eigenvalue weighted by Crippen LogP contribution is 2.35. The van der Waals surface area contributed by atoms with E-state index in [9.17, 15) is 4.39 Å². The number of ether oxygens (including phenoxy) is 3. The number of methoxy groups -OCH3 is 2. The van der Waals surface area contributed by atoms with Gasteiger partial charge in [0.1, 0.15) is 23.2 Å². The number of hydrogen-bond donors (Lipinski definition) is 1. The number of anilines is 1. The molecule has 0 atom stereocenters. The number of amidine groups is 1. The maximum atomic E-state index is 14.7. The van der Waals surface area contributed by atoms with Crippen molar-refractivity contribution in [3.8, 4) is 23.0 Å². The highest BCUT2D eigenvalue weighted by molar-refractivity contribution is 6.12. The van der Waals surface area contributed by atoms with Gasteiger partial charge >= 0.3 is 0 Å². The summed E-state index contributed by atoms with van der Waals surface area (Å²) >= 11 is 0. The van der Waals surface area contributed by atoms with Crippen LogP contribution in [0, 0.1) is 5.82 Å². The van der Waals surface area contributed by atoms with Crippen LogP contribution in [0.3, 0.4) is 0 Å². The SMILES string of the molecule is C=Nc1cc(OC)c(OC)cc1/C(=N\C)Nc1ccc(Oc2ccccc2)cc1F. The maximum Gasteiger partial charge on any atom is 0.162 e. The van der Waals surface area contributed by atoms with E-state index in [4.69, 9.17) is 14.2 Å². The minimum Gasteiger partial charge on any atom is -0.493 e. The van der Waals surface area contributed by atoms with Crippen LogP contribution in [-0.2, 0) is 0 Å². The summed E-state index contributed by atoms with van der Waals surface area (Å²) in [5.74, 6) is 1.93. The van der Waals surface area contributed by atoms with Crippen LogP contribution in [0.15, 0.2) is 70.6 Å². The molecule has 0 aromatic heterocycles. The van der Waals surface area contributed by atoms with E-state index in [-0.39, 0.29) is 5.69 Å². The van der Waals surface area contributed by atoms with Crippen LogP contribution in [0.2, 0.25) is 0 Å². The summed E-state index contributed by atoms with van der Waals surface area (Å²) in [5, 5.41) is 3.00. The molecular formula is C23H22FN3O3. The Morgan fingerprint density at radius 3 is 2.23 bits per heavy atom. The van der Waals surface area contributed by atoms with Crippen LogP contribution in [0.5, 0.6) is 23.0 Å². The van der Waals surface area contributed by atoms with Gasteiger partial charge in [0.25, 0.3) is 0 Å². The number of halogens is 1. The molecule has 7 heteroatoms. The van der Waals surface area contributed by atoms with Gasteiger partial charge in [-0.3, -0.25) is 9.98 Å². The van der Waals surface area contributed by atoms with Crippen LogP contribution < -0.4 is 19.5 Å². The van der Waals surface area contributed by atoms with Gasteiger partial charge in [-0.05, 0) is 37.0 Å². The molecular weight excluding hydrogens is 385 g/mol. The van der Waals surface area contributed by atoms with E-state index >= 15 is 0 Å². The minimum absolute atomic E-state index is 0.237. The molecule has 0 aliphatic rings. The van der Waals surface area contributed by atoms with E-state index in [0.717, 1.165) is 0 Å². The molecule has 1 N–H and O–H groups in total. The molecule has 0 aliphatic carbocycles. The summed E-state index contributed by atoms with van der Waals surface area (Å²) < 4.78 is 31.1. The third kappa shape index (κ3) is 4.57. The first-order valence-electron chi connectivity index (χ1n) is 9.09. The lowest BCUT2D eigenvalue weighted by atomic mass is 10.1. The van der Waals surface area contributed by atoms with Gasteiger partial charge in [0, 0.05) is 24.7 Å². The van der Waals surface area contributed by atoms with E-state index in [0.29, 0.717) is 40.1 Å². The Kier molecular flexibility index (Phi) is 6.64. The summed E-state index contributed by atoms with van der Waals surface area (Å²) in [4.78, 5) is 8.28. The normalized spacial score (nSPS) is 11.0. The Balaban J connectivity index is 1.88. The molecule has 0 spiro atoms. The summed E-state index contributed by atoms with van der Waals surface area (Å²) in [5.41, 5.74) is 1.35. The van der Waals surface area contributed by atoms with Gasteiger partial charge in [0.05, 0.1) is 25.6 Å². The van der Waals surface area contributed by atoms with Crippen molar-refractivity contribution in [1.82, 2.24) is 0 Å². The van der Waals surface area contributed by atoms with Crippen LogP contribution >= 0.6 is 0 Å². The van der Waals surface area contributed by atoms with Gasteiger partial charge in [0.2, 0.25) is 0 Å². The standard InChI is InChI=1S/C23H22FN3O3/c1-25-20-14-22(29-4)21(28-3)13-17(20)23(26-2)27-19-11-10-16(12-18(19)24)30-15-8-6-5-7-9-15/h5-14H,1H2,2-4H3,(H,26,27). The van der Waals surface area contributed by atoms with Crippen LogP contribution in [0.25, 0.3) is 0 Å². The fourth-order valence-corrected chi connectivity index (χ4v) is 2.85. The molecule has 0 unspecified atom stereocenters. The third-order valence-corrected chi connectivity index (χ3v) is 4.32. The fraction of sp³-hybridized carbons (Fsp3) is 0.130. The van der Waals surface area contributed by atoms with E-state index in [1.165, 1.54) is 20.3 Å². The highest BCUT2D eigenvalue weighted by atomic mass is 19.1. The lowest BCUT2D eigenvalue weighted by molar-refractivity contribution is 0.355. The van der Waals surface area contributed by atoms with Crippen LogP contribution in [0.4, 0.5) is 15.8 Å². The van der Waals surface area contributed by atoms with Crippen molar-refractivity contribution < 1.29 is 18.6 Å². The number of rotatable bonds is 7. The Morgan fingerprint density at radius 1 is 0.933 bits per heavy atom. The number of aliphatic imine (C=N–C) groups is 2. The molecule has 0 aliphatic heterocycles. The van der Waals surface area contributed by atoms with Crippen molar-refractivity contribution >= 4 is 23.9 Å². The molecule has 0 bridgehead atoms. The quantitative estimate of drug-likeness (QED) is 0.417. The molecule has 0 saturated heterocycles. The number of nitrogens with one attached hydrogen (secondary N) is 1. The first-order chi connectivity index (χ1) is 14.6. The van der Waals surface area contributed by atoms with E-state index in [1.54, 1.807) is 43.4 Å². The number of nitrogens with zero attached hydrogens (tertiary/aromatic N) is 2. The summed E-state index contributed by atoms with van der Waals surface area (Å²) in [6.45, 7) is 3.60. The zero-order chi connectivity index (χ0) is 21.5. The van der Waals surface area contributed by atoms with Gasteiger partial charge < -0.3 is 19.5 Å². The van der Waals surface area contributed by atoms with Crippen LogP contribution in [0.1, 0.15) is 5.56 Å².